The molecule has 0 radical (unpaired) electrons. The summed E-state index contributed by atoms with van der Waals surface area (Å²) in [5.74, 6) is -0.380. The molecule has 0 aromatic rings. The molecule has 0 saturated carbocycles. The number of rotatable bonds is 4. The van der Waals surface area contributed by atoms with Gasteiger partial charge in [0.1, 0.15) is 0 Å². The average molecular weight is 212 g/mol. The first-order chi connectivity index (χ1) is 6.95. The van der Waals surface area contributed by atoms with Crippen LogP contribution >= 0.6 is 0 Å². The van der Waals surface area contributed by atoms with Crippen LogP contribution in [-0.2, 0) is 9.59 Å². The smallest absolute Gasteiger partial charge is 0.232 e. The molecule has 4 nitrogen and oxygen atoms in total. The Morgan fingerprint density at radius 1 is 1.27 bits per heavy atom. The zero-order valence-corrected chi connectivity index (χ0v) is 9.69. The van der Waals surface area contributed by atoms with Gasteiger partial charge in [0.2, 0.25) is 11.8 Å². The third kappa shape index (κ3) is 2.56. The fourth-order valence-corrected chi connectivity index (χ4v) is 1.82. The van der Waals surface area contributed by atoms with Gasteiger partial charge >= 0.3 is 0 Å². The zero-order chi connectivity index (χ0) is 11.6. The van der Waals surface area contributed by atoms with Gasteiger partial charge in [0.25, 0.3) is 0 Å². The van der Waals surface area contributed by atoms with Gasteiger partial charge in [-0.15, -0.1) is 0 Å². The molecule has 1 saturated heterocycles. The maximum atomic E-state index is 11.7. The molecule has 1 rings (SSSR count). The van der Waals surface area contributed by atoms with Crippen molar-refractivity contribution < 1.29 is 9.59 Å². The number of carbonyl (C=O) groups excluding carboxylic acids is 2. The maximum absolute atomic E-state index is 11.7. The predicted molar refractivity (Wildman–Crippen MR) is 57.9 cm³/mol. The molecule has 1 aliphatic heterocycles. The first-order valence-electron chi connectivity index (χ1n) is 5.56. The standard InChI is InChI=1S/C11H20N2O2/c1-7(12)5-4-6-13-10(14)8(2)9(3)11(13)15/h7-9H,4-6,12H2,1-3H3. The summed E-state index contributed by atoms with van der Waals surface area (Å²) in [6.07, 6.45) is 1.65. The summed E-state index contributed by atoms with van der Waals surface area (Å²) in [5, 5.41) is 0. The van der Waals surface area contributed by atoms with Crippen LogP contribution in [0.1, 0.15) is 33.6 Å². The van der Waals surface area contributed by atoms with E-state index in [1.54, 1.807) is 0 Å². The largest absolute Gasteiger partial charge is 0.328 e. The minimum absolute atomic E-state index is 0.0304. The van der Waals surface area contributed by atoms with Gasteiger partial charge < -0.3 is 5.73 Å². The molecule has 0 spiro atoms. The first kappa shape index (κ1) is 12.2. The molecule has 0 bridgehead atoms. The predicted octanol–water partition coefficient (Wildman–Crippen LogP) is 0.755. The van der Waals surface area contributed by atoms with E-state index in [1.165, 1.54) is 4.90 Å². The van der Waals surface area contributed by atoms with E-state index in [0.717, 1.165) is 12.8 Å². The molecule has 4 heteroatoms. The minimum Gasteiger partial charge on any atom is -0.328 e. The van der Waals surface area contributed by atoms with E-state index in [1.807, 2.05) is 20.8 Å². The molecule has 0 aromatic carbocycles. The number of carbonyl (C=O) groups is 2. The number of nitrogens with two attached hydrogens (primary N) is 1. The monoisotopic (exact) mass is 212 g/mol. The fraction of sp³-hybridized carbons (Fsp3) is 0.818. The van der Waals surface area contributed by atoms with Gasteiger partial charge in [-0.3, -0.25) is 14.5 Å². The fourth-order valence-electron chi connectivity index (χ4n) is 1.82. The summed E-state index contributed by atoms with van der Waals surface area (Å²) in [6.45, 7) is 6.08. The van der Waals surface area contributed by atoms with E-state index < -0.39 is 0 Å². The van der Waals surface area contributed by atoms with Crippen LogP contribution < -0.4 is 5.73 Å². The maximum Gasteiger partial charge on any atom is 0.232 e. The van der Waals surface area contributed by atoms with Crippen LogP contribution in [0.2, 0.25) is 0 Å². The molecule has 0 aliphatic carbocycles. The van der Waals surface area contributed by atoms with Crippen molar-refractivity contribution >= 4 is 11.8 Å². The number of hydrogen-bond acceptors (Lipinski definition) is 3. The van der Waals surface area contributed by atoms with Crippen LogP contribution in [0.3, 0.4) is 0 Å². The van der Waals surface area contributed by atoms with Gasteiger partial charge in [0.05, 0.1) is 0 Å². The molecule has 86 valence electrons. The highest BCUT2D eigenvalue weighted by atomic mass is 16.2. The van der Waals surface area contributed by atoms with E-state index in [0.29, 0.717) is 6.54 Å². The molecule has 3 unspecified atom stereocenters. The second-order valence-electron chi connectivity index (χ2n) is 4.52. The van der Waals surface area contributed by atoms with E-state index in [9.17, 15) is 9.59 Å². The van der Waals surface area contributed by atoms with E-state index in [2.05, 4.69) is 0 Å². The van der Waals surface area contributed by atoms with Crippen molar-refractivity contribution in [1.29, 1.82) is 0 Å². The quantitative estimate of drug-likeness (QED) is 0.700. The molecule has 1 heterocycles. The highest BCUT2D eigenvalue weighted by Gasteiger charge is 2.41. The number of likely N-dealkylation sites (tertiary alicyclic amines) is 1. The lowest BCUT2D eigenvalue weighted by Gasteiger charge is -2.14. The zero-order valence-electron chi connectivity index (χ0n) is 9.69. The summed E-state index contributed by atoms with van der Waals surface area (Å²) in [4.78, 5) is 24.7. The minimum atomic E-state index is -0.159. The van der Waals surface area contributed by atoms with Crippen molar-refractivity contribution in [2.45, 2.75) is 39.7 Å². The third-order valence-electron chi connectivity index (χ3n) is 3.10. The first-order valence-corrected chi connectivity index (χ1v) is 5.56. The van der Waals surface area contributed by atoms with Crippen LogP contribution in [0, 0.1) is 11.8 Å². The van der Waals surface area contributed by atoms with Gasteiger partial charge in [-0.1, -0.05) is 13.8 Å². The van der Waals surface area contributed by atoms with E-state index in [-0.39, 0.29) is 29.7 Å². The van der Waals surface area contributed by atoms with Crippen molar-refractivity contribution in [3.05, 3.63) is 0 Å². The molecule has 3 atom stereocenters. The van der Waals surface area contributed by atoms with Crippen molar-refractivity contribution in [2.24, 2.45) is 17.6 Å². The van der Waals surface area contributed by atoms with Gasteiger partial charge in [-0.05, 0) is 19.8 Å². The molecule has 15 heavy (non-hydrogen) atoms. The molecular weight excluding hydrogens is 192 g/mol. The topological polar surface area (TPSA) is 63.4 Å². The number of amides is 2. The Labute approximate surface area is 90.8 Å². The highest BCUT2D eigenvalue weighted by Crippen LogP contribution is 2.25. The molecule has 1 fully saturated rings. The van der Waals surface area contributed by atoms with Crippen molar-refractivity contribution in [3.63, 3.8) is 0 Å². The lowest BCUT2D eigenvalue weighted by Crippen LogP contribution is -2.32. The second kappa shape index (κ2) is 4.75. The molecule has 1 aliphatic rings. The number of imide groups is 1. The summed E-state index contributed by atoms with van der Waals surface area (Å²) in [7, 11) is 0. The van der Waals surface area contributed by atoms with Crippen molar-refractivity contribution in [2.75, 3.05) is 6.54 Å². The summed E-state index contributed by atoms with van der Waals surface area (Å²) < 4.78 is 0. The normalized spacial score (nSPS) is 28.7. The lowest BCUT2D eigenvalue weighted by molar-refractivity contribution is -0.139. The summed E-state index contributed by atoms with van der Waals surface area (Å²) in [5.41, 5.74) is 5.61. The van der Waals surface area contributed by atoms with Crippen LogP contribution in [0.15, 0.2) is 0 Å². The van der Waals surface area contributed by atoms with Gasteiger partial charge in [-0.2, -0.15) is 0 Å². The molecule has 0 aromatic heterocycles. The summed E-state index contributed by atoms with van der Waals surface area (Å²) >= 11 is 0. The second-order valence-corrected chi connectivity index (χ2v) is 4.52. The van der Waals surface area contributed by atoms with Crippen molar-refractivity contribution in [3.8, 4) is 0 Å². The summed E-state index contributed by atoms with van der Waals surface area (Å²) in [6, 6.07) is 0.132. The molecule has 2 amide bonds. The number of hydrogen-bond donors (Lipinski definition) is 1. The van der Waals surface area contributed by atoms with E-state index >= 15 is 0 Å². The van der Waals surface area contributed by atoms with Crippen LogP contribution in [0.4, 0.5) is 0 Å². The highest BCUT2D eigenvalue weighted by molar-refractivity contribution is 6.04. The lowest BCUT2D eigenvalue weighted by atomic mass is 10.00. The van der Waals surface area contributed by atoms with Crippen LogP contribution in [0.5, 0.6) is 0 Å². The Morgan fingerprint density at radius 2 is 1.73 bits per heavy atom. The van der Waals surface area contributed by atoms with Crippen molar-refractivity contribution in [1.82, 2.24) is 4.90 Å². The Hall–Kier alpha value is -0.900. The van der Waals surface area contributed by atoms with Gasteiger partial charge in [-0.25, -0.2) is 0 Å². The Balaban J connectivity index is 2.48. The Kier molecular flexibility index (Phi) is 3.85. The van der Waals surface area contributed by atoms with Crippen LogP contribution in [0.25, 0.3) is 0 Å². The SMILES string of the molecule is CC(N)CCCN1C(=O)C(C)C(C)C1=O. The molecule has 2 N–H and O–H groups in total. The number of nitrogens with zero attached hydrogens (tertiary/aromatic N) is 1. The Morgan fingerprint density at radius 3 is 2.13 bits per heavy atom. The average Bonchev–Trinajstić information content (AvgIpc) is 2.34. The van der Waals surface area contributed by atoms with E-state index in [4.69, 9.17) is 5.73 Å². The van der Waals surface area contributed by atoms with Gasteiger partial charge in [0.15, 0.2) is 0 Å². The Bertz CT molecular complexity index is 243. The van der Waals surface area contributed by atoms with Crippen LogP contribution in [-0.4, -0.2) is 29.3 Å². The third-order valence-corrected chi connectivity index (χ3v) is 3.10. The molecular formula is C11H20N2O2. The van der Waals surface area contributed by atoms with Gasteiger partial charge in [0, 0.05) is 24.4 Å².